The highest BCUT2D eigenvalue weighted by molar-refractivity contribution is 7.98. The summed E-state index contributed by atoms with van der Waals surface area (Å²) in [6.45, 7) is 1.77. The molecule has 0 unspecified atom stereocenters. The fraction of sp³-hybridized carbons (Fsp3) is 0.323. The number of ether oxygens (including phenoxy) is 3. The van der Waals surface area contributed by atoms with Crippen LogP contribution in [0.5, 0.6) is 17.2 Å². The zero-order valence-electron chi connectivity index (χ0n) is 25.0. The molecule has 14 heteroatoms. The van der Waals surface area contributed by atoms with Gasteiger partial charge in [0, 0.05) is 12.7 Å². The summed E-state index contributed by atoms with van der Waals surface area (Å²) in [5.74, 6) is -0.760. The number of hydrogen-bond acceptors (Lipinski definition) is 9. The third kappa shape index (κ3) is 9.25. The lowest BCUT2D eigenvalue weighted by molar-refractivity contribution is -0.139. The van der Waals surface area contributed by atoms with Crippen LogP contribution in [0, 0.1) is 6.92 Å². The van der Waals surface area contributed by atoms with Gasteiger partial charge in [-0.15, -0.1) is 0 Å². The summed E-state index contributed by atoms with van der Waals surface area (Å²) >= 11 is 1.52. The molecular weight excluding hydrogens is 602 g/mol. The van der Waals surface area contributed by atoms with Gasteiger partial charge in [-0.2, -0.15) is 11.8 Å². The lowest BCUT2D eigenvalue weighted by Gasteiger charge is -2.20. The molecule has 0 fully saturated rings. The van der Waals surface area contributed by atoms with Gasteiger partial charge in [-0.3, -0.25) is 19.7 Å². The van der Waals surface area contributed by atoms with Gasteiger partial charge < -0.3 is 35.3 Å². The summed E-state index contributed by atoms with van der Waals surface area (Å²) in [7, 11) is 1.44. The number of methoxy groups -OCH3 is 1. The number of urea groups is 1. The number of aryl methyl sites for hydroxylation is 1. The van der Waals surface area contributed by atoms with Gasteiger partial charge in [0.15, 0.2) is 11.5 Å². The van der Waals surface area contributed by atoms with E-state index in [1.54, 1.807) is 48.7 Å². The molecule has 4 amide bonds. The van der Waals surface area contributed by atoms with E-state index in [-0.39, 0.29) is 19.8 Å². The average molecular weight is 638 g/mol. The van der Waals surface area contributed by atoms with E-state index in [1.165, 1.54) is 18.9 Å². The van der Waals surface area contributed by atoms with Crippen LogP contribution in [-0.4, -0.2) is 72.4 Å². The minimum absolute atomic E-state index is 0.0570. The first-order valence-corrected chi connectivity index (χ1v) is 15.4. The fourth-order valence-electron chi connectivity index (χ4n) is 4.50. The maximum atomic E-state index is 13.1. The van der Waals surface area contributed by atoms with Crippen molar-refractivity contribution in [2.75, 3.05) is 43.1 Å². The van der Waals surface area contributed by atoms with Crippen LogP contribution in [0.3, 0.4) is 0 Å². The highest BCUT2D eigenvalue weighted by Gasteiger charge is 2.26. The Labute approximate surface area is 264 Å². The molecule has 0 saturated heterocycles. The van der Waals surface area contributed by atoms with Crippen LogP contribution in [0.25, 0.3) is 0 Å². The van der Waals surface area contributed by atoms with E-state index in [0.29, 0.717) is 52.1 Å². The molecule has 0 bridgehead atoms. The van der Waals surface area contributed by atoms with Gasteiger partial charge in [0.2, 0.25) is 18.6 Å². The third-order valence-corrected chi connectivity index (χ3v) is 7.52. The van der Waals surface area contributed by atoms with Gasteiger partial charge >= 0.3 is 12.0 Å². The van der Waals surface area contributed by atoms with Crippen LogP contribution in [-0.2, 0) is 20.8 Å². The van der Waals surface area contributed by atoms with Crippen molar-refractivity contribution in [2.24, 2.45) is 0 Å². The molecule has 45 heavy (non-hydrogen) atoms. The Morgan fingerprint density at radius 3 is 2.56 bits per heavy atom. The monoisotopic (exact) mass is 637 g/mol. The predicted molar refractivity (Wildman–Crippen MR) is 169 cm³/mol. The summed E-state index contributed by atoms with van der Waals surface area (Å²) in [6.07, 6.45) is 3.81. The molecule has 0 spiro atoms. The quantitative estimate of drug-likeness (QED) is 0.176. The van der Waals surface area contributed by atoms with Crippen molar-refractivity contribution in [3.8, 4) is 17.2 Å². The van der Waals surface area contributed by atoms with E-state index in [9.17, 15) is 24.3 Å². The molecule has 0 aliphatic carbocycles. The van der Waals surface area contributed by atoms with Crippen molar-refractivity contribution < 1.29 is 38.5 Å². The second-order valence-electron chi connectivity index (χ2n) is 10.2. The zero-order chi connectivity index (χ0) is 32.3. The maximum absolute atomic E-state index is 13.1. The summed E-state index contributed by atoms with van der Waals surface area (Å²) < 4.78 is 16.1. The van der Waals surface area contributed by atoms with Gasteiger partial charge in [0.25, 0.3) is 0 Å². The number of amides is 4. The molecule has 1 aliphatic heterocycles. The number of rotatable bonds is 14. The van der Waals surface area contributed by atoms with Gasteiger partial charge in [-0.05, 0) is 72.4 Å². The highest BCUT2D eigenvalue weighted by atomic mass is 32.2. The van der Waals surface area contributed by atoms with Crippen molar-refractivity contribution >= 4 is 47.1 Å². The molecule has 2 heterocycles. The normalized spacial score (nSPS) is 12.9. The first-order valence-electron chi connectivity index (χ1n) is 14.0. The number of carboxylic acids is 1. The predicted octanol–water partition coefficient (Wildman–Crippen LogP) is 3.54. The van der Waals surface area contributed by atoms with Crippen molar-refractivity contribution in [3.63, 3.8) is 0 Å². The van der Waals surface area contributed by atoms with Crippen molar-refractivity contribution in [3.05, 3.63) is 71.4 Å². The molecule has 4 rings (SSSR count). The molecular formula is C31H35N5O8S. The Morgan fingerprint density at radius 1 is 1.04 bits per heavy atom. The van der Waals surface area contributed by atoms with Gasteiger partial charge in [0.1, 0.15) is 17.6 Å². The van der Waals surface area contributed by atoms with E-state index < -0.39 is 35.8 Å². The van der Waals surface area contributed by atoms with Crippen LogP contribution in [0.1, 0.15) is 29.0 Å². The molecule has 2 atom stereocenters. The number of aromatic nitrogens is 1. The van der Waals surface area contributed by atoms with Crippen LogP contribution >= 0.6 is 11.8 Å². The standard InChI is InChI=1S/C31H35N5O8S/c1-18-4-9-27(32-15-18)36-31(41)35-22-7-5-19(12-25(22)42-2)13-28(37)34-23(10-11-45-3)29(38)33-16-21(30(39)40)20-6-8-24-26(14-20)44-17-43-24/h4-9,12,14-15,21,23H,10-11,13,16-17H2,1-3H3,(H,33,38)(H,34,37)(H,39,40)(H2,32,35,36,41)/t21-,23+/m1/s1. The number of carbonyl (C=O) groups is 4. The molecule has 1 aliphatic rings. The number of carbonyl (C=O) groups excluding carboxylic acids is 3. The third-order valence-electron chi connectivity index (χ3n) is 6.87. The molecule has 0 saturated carbocycles. The van der Waals surface area contributed by atoms with Crippen LogP contribution in [0.4, 0.5) is 16.3 Å². The number of fused-ring (bicyclic) bond motifs is 1. The minimum Gasteiger partial charge on any atom is -0.495 e. The van der Waals surface area contributed by atoms with E-state index >= 15 is 0 Å². The van der Waals surface area contributed by atoms with Gasteiger partial charge in [0.05, 0.1) is 25.1 Å². The fourth-order valence-corrected chi connectivity index (χ4v) is 4.97. The Morgan fingerprint density at radius 2 is 1.84 bits per heavy atom. The Bertz CT molecular complexity index is 1530. The summed E-state index contributed by atoms with van der Waals surface area (Å²) in [5, 5.41) is 20.6. The topological polar surface area (TPSA) is 177 Å². The number of nitrogens with zero attached hydrogens (tertiary/aromatic N) is 1. The van der Waals surface area contributed by atoms with Crippen LogP contribution in [0.2, 0.25) is 0 Å². The number of aliphatic carboxylic acids is 1. The summed E-state index contributed by atoms with van der Waals surface area (Å²) in [6, 6.07) is 11.9. The molecule has 238 valence electrons. The number of thioether (sulfide) groups is 1. The van der Waals surface area contributed by atoms with Crippen molar-refractivity contribution in [2.45, 2.75) is 31.7 Å². The molecule has 5 N–H and O–H groups in total. The first-order chi connectivity index (χ1) is 21.7. The largest absolute Gasteiger partial charge is 0.495 e. The number of hydrogen-bond donors (Lipinski definition) is 5. The van der Waals surface area contributed by atoms with E-state index in [0.717, 1.165) is 5.56 Å². The number of pyridine rings is 1. The average Bonchev–Trinajstić information content (AvgIpc) is 3.49. The number of benzene rings is 2. The Balaban J connectivity index is 1.35. The molecule has 2 aromatic carbocycles. The first kappa shape index (κ1) is 32.9. The zero-order valence-corrected chi connectivity index (χ0v) is 25.9. The number of nitrogens with one attached hydrogen (secondary N) is 4. The molecule has 3 aromatic rings. The van der Waals surface area contributed by atoms with Gasteiger partial charge in [-0.25, -0.2) is 9.78 Å². The summed E-state index contributed by atoms with van der Waals surface area (Å²) in [4.78, 5) is 54.8. The Hall–Kier alpha value is -4.98. The molecule has 13 nitrogen and oxygen atoms in total. The number of anilines is 2. The van der Waals surface area contributed by atoms with Crippen molar-refractivity contribution in [1.82, 2.24) is 15.6 Å². The second kappa shape index (κ2) is 15.7. The SMILES string of the molecule is COc1cc(CC(=O)N[C@@H](CCSC)C(=O)NC[C@@H](C(=O)O)c2ccc3c(c2)OCO3)ccc1NC(=O)Nc1ccc(C)cn1. The van der Waals surface area contributed by atoms with Crippen LogP contribution < -0.4 is 35.5 Å². The van der Waals surface area contributed by atoms with Gasteiger partial charge in [-0.1, -0.05) is 18.2 Å². The van der Waals surface area contributed by atoms with E-state index in [4.69, 9.17) is 14.2 Å². The minimum atomic E-state index is -1.12. The second-order valence-corrected chi connectivity index (χ2v) is 11.1. The van der Waals surface area contributed by atoms with Crippen molar-refractivity contribution in [1.29, 1.82) is 0 Å². The smallest absolute Gasteiger partial charge is 0.324 e. The molecule has 1 aromatic heterocycles. The highest BCUT2D eigenvalue weighted by Crippen LogP contribution is 2.34. The lowest BCUT2D eigenvalue weighted by atomic mass is 9.98. The van der Waals surface area contributed by atoms with E-state index in [2.05, 4.69) is 26.3 Å². The lowest BCUT2D eigenvalue weighted by Crippen LogP contribution is -2.48. The molecule has 0 radical (unpaired) electrons. The number of carboxylic acid groups (broad SMARTS) is 1. The maximum Gasteiger partial charge on any atom is 0.324 e. The Kier molecular flexibility index (Phi) is 11.5. The van der Waals surface area contributed by atoms with E-state index in [1.807, 2.05) is 19.2 Å². The van der Waals surface area contributed by atoms with Crippen LogP contribution in [0.15, 0.2) is 54.7 Å². The summed E-state index contributed by atoms with van der Waals surface area (Å²) in [5.41, 5.74) is 2.39.